The van der Waals surface area contributed by atoms with Gasteiger partial charge >= 0.3 is 0 Å². The summed E-state index contributed by atoms with van der Waals surface area (Å²) >= 11 is 0. The van der Waals surface area contributed by atoms with Gasteiger partial charge in [-0.25, -0.2) is 0 Å². The van der Waals surface area contributed by atoms with Gasteiger partial charge in [-0.05, 0) is 24.3 Å². The number of amides is 2. The Kier molecular flexibility index (Phi) is 3.09. The van der Waals surface area contributed by atoms with Crippen LogP contribution in [-0.4, -0.2) is 21.4 Å². The molecule has 3 heterocycles. The van der Waals surface area contributed by atoms with Gasteiger partial charge in [-0.3, -0.25) is 29.1 Å². The van der Waals surface area contributed by atoms with Crippen molar-refractivity contribution in [3.05, 3.63) is 80.2 Å². The minimum atomic E-state index is -0.662. The van der Waals surface area contributed by atoms with Crippen molar-refractivity contribution in [3.63, 3.8) is 0 Å². The number of aromatic amines is 1. The number of carbonyl (C=O) groups is 2. The molecule has 4 aromatic rings. The number of hydrogen-bond acceptors (Lipinski definition) is 5. The van der Waals surface area contributed by atoms with Gasteiger partial charge in [-0.1, -0.05) is 18.2 Å². The van der Waals surface area contributed by atoms with Gasteiger partial charge in [-0.15, -0.1) is 0 Å². The number of nitrogen functional groups attached to an aromatic ring is 1. The molecule has 0 radical (unpaired) electrons. The smallest absolute Gasteiger partial charge is 0.262 e. The number of hydrogen-bond donors (Lipinski definition) is 3. The maximum Gasteiger partial charge on any atom is 0.262 e. The maximum atomic E-state index is 12.9. The molecule has 8 nitrogen and oxygen atoms in total. The Morgan fingerprint density at radius 1 is 0.857 bits per heavy atom. The van der Waals surface area contributed by atoms with Crippen LogP contribution in [0.5, 0.6) is 0 Å². The summed E-state index contributed by atoms with van der Waals surface area (Å²) in [5, 5.41) is 3.03. The molecule has 0 saturated carbocycles. The maximum absolute atomic E-state index is 12.9. The Balaban J connectivity index is 1.93. The van der Waals surface area contributed by atoms with Crippen molar-refractivity contribution in [3.8, 4) is 5.69 Å². The Hall–Kier alpha value is -4.20. The second-order valence-electron chi connectivity index (χ2n) is 6.47. The number of fused-ring (bicyclic) bond motifs is 3. The third kappa shape index (κ3) is 1.99. The molecular weight excluding hydrogens is 360 g/mol. The quantitative estimate of drug-likeness (QED) is 0.343. The highest BCUT2D eigenvalue weighted by molar-refractivity contribution is 6.23. The molecule has 28 heavy (non-hydrogen) atoms. The Morgan fingerprint density at radius 2 is 1.61 bits per heavy atom. The first-order chi connectivity index (χ1) is 13.5. The van der Waals surface area contributed by atoms with Crippen molar-refractivity contribution in [1.82, 2.24) is 14.9 Å². The molecule has 0 saturated heterocycles. The lowest BCUT2D eigenvalue weighted by atomic mass is 10.1. The van der Waals surface area contributed by atoms with Crippen molar-refractivity contribution in [2.45, 2.75) is 0 Å². The average molecular weight is 372 g/mol. The van der Waals surface area contributed by atoms with E-state index in [1.165, 1.54) is 0 Å². The van der Waals surface area contributed by atoms with E-state index in [1.807, 2.05) is 0 Å². The molecule has 0 atom stereocenters. The van der Waals surface area contributed by atoms with Crippen molar-refractivity contribution in [2.24, 2.45) is 0 Å². The van der Waals surface area contributed by atoms with Crippen LogP contribution in [0.2, 0.25) is 0 Å². The average Bonchev–Trinajstić information content (AvgIpc) is 2.96. The fourth-order valence-corrected chi connectivity index (χ4v) is 3.64. The van der Waals surface area contributed by atoms with E-state index in [0.717, 1.165) is 10.6 Å². The number of benzene rings is 2. The van der Waals surface area contributed by atoms with Crippen molar-refractivity contribution in [1.29, 1.82) is 0 Å². The molecule has 4 N–H and O–H groups in total. The van der Waals surface area contributed by atoms with E-state index < -0.39 is 17.4 Å². The van der Waals surface area contributed by atoms with Gasteiger partial charge in [0.2, 0.25) is 0 Å². The van der Waals surface area contributed by atoms with Crippen LogP contribution in [0, 0.1) is 0 Å². The highest BCUT2D eigenvalue weighted by Crippen LogP contribution is 2.26. The third-order valence-electron chi connectivity index (χ3n) is 4.91. The van der Waals surface area contributed by atoms with Crippen LogP contribution in [0.1, 0.15) is 20.7 Å². The molecule has 8 heteroatoms. The van der Waals surface area contributed by atoms with Crippen molar-refractivity contribution in [2.75, 3.05) is 5.73 Å². The Bertz CT molecular complexity index is 1480. The third-order valence-corrected chi connectivity index (χ3v) is 4.91. The van der Waals surface area contributed by atoms with Crippen LogP contribution in [0.15, 0.2) is 58.1 Å². The Labute approximate surface area is 156 Å². The van der Waals surface area contributed by atoms with E-state index in [0.29, 0.717) is 27.5 Å². The first-order valence-electron chi connectivity index (χ1n) is 8.42. The molecule has 0 fully saturated rings. The molecule has 1 aliphatic rings. The topological polar surface area (TPSA) is 127 Å². The van der Waals surface area contributed by atoms with Crippen LogP contribution in [0.3, 0.4) is 0 Å². The first-order valence-corrected chi connectivity index (χ1v) is 8.42. The van der Waals surface area contributed by atoms with E-state index in [4.69, 9.17) is 5.73 Å². The van der Waals surface area contributed by atoms with Crippen LogP contribution in [-0.2, 0) is 0 Å². The predicted octanol–water partition coefficient (Wildman–Crippen LogP) is 1.30. The molecule has 5 rings (SSSR count). The molecule has 0 unspecified atom stereocenters. The number of nitrogens with zero attached hydrogens (tertiary/aromatic N) is 1. The summed E-state index contributed by atoms with van der Waals surface area (Å²) in [7, 11) is 0. The number of pyridine rings is 2. The van der Waals surface area contributed by atoms with Crippen LogP contribution < -0.4 is 22.0 Å². The van der Waals surface area contributed by atoms with Crippen molar-refractivity contribution >= 4 is 39.4 Å². The highest BCUT2D eigenvalue weighted by atomic mass is 16.2. The van der Waals surface area contributed by atoms with E-state index >= 15 is 0 Å². The molecule has 2 amide bonds. The van der Waals surface area contributed by atoms with Gasteiger partial charge in [0, 0.05) is 22.4 Å². The zero-order valence-electron chi connectivity index (χ0n) is 14.3. The number of aromatic nitrogens is 2. The number of rotatable bonds is 1. The molecule has 2 aromatic heterocycles. The summed E-state index contributed by atoms with van der Waals surface area (Å²) in [5.74, 6) is -1.48. The summed E-state index contributed by atoms with van der Waals surface area (Å²) in [6, 6.07) is 13.0. The lowest BCUT2D eigenvalue weighted by Crippen LogP contribution is -2.24. The second kappa shape index (κ2) is 5.40. The number of para-hydroxylation sites is 2. The lowest BCUT2D eigenvalue weighted by molar-refractivity contribution is 0.0880. The number of H-pyrrole nitrogens is 1. The fourth-order valence-electron chi connectivity index (χ4n) is 3.64. The summed E-state index contributed by atoms with van der Waals surface area (Å²) in [5.41, 5.74) is 6.58. The van der Waals surface area contributed by atoms with E-state index in [2.05, 4.69) is 10.3 Å². The highest BCUT2D eigenvalue weighted by Gasteiger charge is 2.32. The minimum absolute atomic E-state index is 0.0512. The second-order valence-corrected chi connectivity index (χ2v) is 6.47. The molecule has 2 aromatic carbocycles. The van der Waals surface area contributed by atoms with Gasteiger partial charge in [0.1, 0.15) is 5.82 Å². The number of carbonyl (C=O) groups excluding carboxylic acids is 2. The summed E-state index contributed by atoms with van der Waals surface area (Å²) in [6.07, 6.45) is 0. The zero-order valence-corrected chi connectivity index (χ0v) is 14.3. The van der Waals surface area contributed by atoms with Gasteiger partial charge in [-0.2, -0.15) is 0 Å². The first kappa shape index (κ1) is 16.0. The van der Waals surface area contributed by atoms with Crippen LogP contribution >= 0.6 is 0 Å². The molecule has 1 aliphatic heterocycles. The minimum Gasteiger partial charge on any atom is -0.384 e. The lowest BCUT2D eigenvalue weighted by Gasteiger charge is -2.14. The molecule has 0 aliphatic carbocycles. The molecule has 0 spiro atoms. The molecule has 136 valence electrons. The normalized spacial score (nSPS) is 13.1. The Morgan fingerprint density at radius 3 is 2.43 bits per heavy atom. The summed E-state index contributed by atoms with van der Waals surface area (Å²) in [4.78, 5) is 52.7. The standard InChI is InChI=1S/C20H12N4O4/c21-18-15-11(19(27)23-20(15)28)8-14(25)24(18)13-7-3-5-10-16(13)22-12-6-2-1-4-9(12)17(10)26/h1-8H,21H2,(H,22,26)(H,23,27,28). The van der Waals surface area contributed by atoms with Crippen LogP contribution in [0.4, 0.5) is 5.82 Å². The van der Waals surface area contributed by atoms with Gasteiger partial charge in [0.25, 0.3) is 17.4 Å². The summed E-state index contributed by atoms with van der Waals surface area (Å²) < 4.78 is 1.13. The van der Waals surface area contributed by atoms with Gasteiger partial charge in [0.15, 0.2) is 5.43 Å². The SMILES string of the molecule is Nc1c2c(cc(=O)n1-c1cccc3c(=O)c4ccccc4[nH]c13)C(=O)NC2=O. The van der Waals surface area contributed by atoms with Gasteiger partial charge < -0.3 is 10.7 Å². The monoisotopic (exact) mass is 372 g/mol. The zero-order chi connectivity index (χ0) is 19.6. The van der Waals surface area contributed by atoms with Crippen LogP contribution in [0.25, 0.3) is 27.5 Å². The van der Waals surface area contributed by atoms with E-state index in [-0.39, 0.29) is 22.4 Å². The predicted molar refractivity (Wildman–Crippen MR) is 104 cm³/mol. The molecule has 0 bridgehead atoms. The fraction of sp³-hybridized carbons (Fsp3) is 0. The largest absolute Gasteiger partial charge is 0.384 e. The number of nitrogens with one attached hydrogen (secondary N) is 2. The van der Waals surface area contributed by atoms with E-state index in [1.54, 1.807) is 42.5 Å². The van der Waals surface area contributed by atoms with Gasteiger partial charge in [0.05, 0.1) is 22.3 Å². The molecular formula is C20H12N4O4. The van der Waals surface area contributed by atoms with E-state index in [9.17, 15) is 19.2 Å². The number of anilines is 1. The summed E-state index contributed by atoms with van der Waals surface area (Å²) in [6.45, 7) is 0. The number of nitrogens with two attached hydrogens (primary N) is 1. The van der Waals surface area contributed by atoms with Crippen molar-refractivity contribution < 1.29 is 9.59 Å². The number of imide groups is 1.